The maximum absolute atomic E-state index is 10.4. The Morgan fingerprint density at radius 2 is 2.29 bits per heavy atom. The first kappa shape index (κ1) is 23.2. The van der Waals surface area contributed by atoms with Crippen molar-refractivity contribution >= 4 is 23.5 Å². The van der Waals surface area contributed by atoms with Gasteiger partial charge in [-0.05, 0) is 43.9 Å². The predicted molar refractivity (Wildman–Crippen MR) is 126 cm³/mol. The lowest BCUT2D eigenvalue weighted by Crippen LogP contribution is -2.38. The van der Waals surface area contributed by atoms with Crippen molar-refractivity contribution in [1.29, 1.82) is 0 Å². The van der Waals surface area contributed by atoms with Crippen LogP contribution in [0.3, 0.4) is 0 Å². The summed E-state index contributed by atoms with van der Waals surface area (Å²) in [5.74, 6) is 4.03. The minimum Gasteiger partial charge on any atom is -0.507 e. The molecule has 2 N–H and O–H groups in total. The fraction of sp³-hybridized carbons (Fsp3) is 0.565. The van der Waals surface area contributed by atoms with Crippen LogP contribution in [0.5, 0.6) is 0 Å². The zero-order chi connectivity index (χ0) is 20.2. The first-order valence-electron chi connectivity index (χ1n) is 10.4. The van der Waals surface area contributed by atoms with Crippen LogP contribution in [0, 0.1) is 5.92 Å². The van der Waals surface area contributed by atoms with Crippen molar-refractivity contribution in [1.82, 2.24) is 5.32 Å². The number of hydrogen-bond acceptors (Lipinski definition) is 5. The number of rotatable bonds is 10. The van der Waals surface area contributed by atoms with E-state index in [9.17, 15) is 5.11 Å². The van der Waals surface area contributed by atoms with E-state index < -0.39 is 0 Å². The van der Waals surface area contributed by atoms with Gasteiger partial charge < -0.3 is 15.2 Å². The summed E-state index contributed by atoms with van der Waals surface area (Å²) in [5.41, 5.74) is 0.950. The van der Waals surface area contributed by atoms with Crippen molar-refractivity contribution in [2.45, 2.75) is 52.5 Å². The number of hydrogen-bond donors (Lipinski definition) is 2. The summed E-state index contributed by atoms with van der Waals surface area (Å²) < 4.78 is 5.95. The SMILES string of the molecule is CCC/C=C\C1=CSCC(NC[C@H](CC)CSC2=CCC=CC(C)=C2O)CO1. The molecule has 2 aliphatic rings. The summed E-state index contributed by atoms with van der Waals surface area (Å²) in [5, 5.41) is 16.2. The van der Waals surface area contributed by atoms with E-state index in [-0.39, 0.29) is 0 Å². The van der Waals surface area contributed by atoms with Crippen molar-refractivity contribution in [3.05, 3.63) is 57.8 Å². The number of thioether (sulfide) groups is 2. The van der Waals surface area contributed by atoms with E-state index in [1.165, 1.54) is 0 Å². The van der Waals surface area contributed by atoms with Gasteiger partial charge in [-0.15, -0.1) is 23.5 Å². The van der Waals surface area contributed by atoms with Gasteiger partial charge in [0.25, 0.3) is 0 Å². The third-order valence-corrected chi connectivity index (χ3v) is 7.15. The normalized spacial score (nSPS) is 21.8. The zero-order valence-corrected chi connectivity index (χ0v) is 19.1. The molecule has 0 aromatic heterocycles. The van der Waals surface area contributed by atoms with Crippen LogP contribution in [-0.4, -0.2) is 35.8 Å². The summed E-state index contributed by atoms with van der Waals surface area (Å²) >= 11 is 3.60. The van der Waals surface area contributed by atoms with Gasteiger partial charge in [-0.25, -0.2) is 0 Å². The summed E-state index contributed by atoms with van der Waals surface area (Å²) in [6.07, 6.45) is 14.8. The summed E-state index contributed by atoms with van der Waals surface area (Å²) in [6.45, 7) is 8.10. The Hall–Kier alpha value is -1.04. The van der Waals surface area contributed by atoms with Crippen molar-refractivity contribution in [3.63, 3.8) is 0 Å². The van der Waals surface area contributed by atoms with Gasteiger partial charge in [0.05, 0.1) is 6.04 Å². The van der Waals surface area contributed by atoms with Gasteiger partial charge in [-0.2, -0.15) is 0 Å². The van der Waals surface area contributed by atoms with E-state index in [4.69, 9.17) is 4.74 Å². The highest BCUT2D eigenvalue weighted by atomic mass is 32.2. The minimum absolute atomic E-state index is 0.370. The molecule has 0 saturated heterocycles. The number of nitrogens with one attached hydrogen (secondary N) is 1. The van der Waals surface area contributed by atoms with Crippen molar-refractivity contribution in [2.75, 3.05) is 24.7 Å². The molecule has 156 valence electrons. The second-order valence-electron chi connectivity index (χ2n) is 7.28. The molecule has 3 nitrogen and oxygen atoms in total. The van der Waals surface area contributed by atoms with Gasteiger partial charge in [0.15, 0.2) is 0 Å². The van der Waals surface area contributed by atoms with Crippen LogP contribution in [0.2, 0.25) is 0 Å². The maximum atomic E-state index is 10.4. The number of allylic oxidation sites excluding steroid dienone is 6. The molecule has 1 unspecified atom stereocenters. The molecular formula is C23H35NO2S2. The Labute approximate surface area is 179 Å². The lowest BCUT2D eigenvalue weighted by molar-refractivity contribution is 0.197. The highest BCUT2D eigenvalue weighted by Crippen LogP contribution is 2.30. The molecule has 0 saturated carbocycles. The summed E-state index contributed by atoms with van der Waals surface area (Å²) in [6, 6.07) is 0.370. The van der Waals surface area contributed by atoms with Crippen molar-refractivity contribution in [3.8, 4) is 0 Å². The Bertz CT molecular complexity index is 635. The maximum Gasteiger partial charge on any atom is 0.131 e. The van der Waals surface area contributed by atoms with Crippen molar-refractivity contribution in [2.24, 2.45) is 5.92 Å². The molecule has 5 heteroatoms. The smallest absolute Gasteiger partial charge is 0.131 e. The third kappa shape index (κ3) is 8.14. The monoisotopic (exact) mass is 421 g/mol. The first-order chi connectivity index (χ1) is 13.6. The lowest BCUT2D eigenvalue weighted by Gasteiger charge is -2.21. The average molecular weight is 422 g/mol. The Kier molecular flexibility index (Phi) is 11.0. The second kappa shape index (κ2) is 13.2. The molecule has 1 aliphatic heterocycles. The highest BCUT2D eigenvalue weighted by Gasteiger charge is 2.17. The van der Waals surface area contributed by atoms with E-state index in [1.807, 2.05) is 24.8 Å². The molecule has 2 atom stereocenters. The number of ether oxygens (including phenoxy) is 1. The average Bonchev–Trinajstić information content (AvgIpc) is 3.02. The Balaban J connectivity index is 1.75. The van der Waals surface area contributed by atoms with Gasteiger partial charge in [0.2, 0.25) is 0 Å². The van der Waals surface area contributed by atoms with Crippen molar-refractivity contribution < 1.29 is 9.84 Å². The fourth-order valence-electron chi connectivity index (χ4n) is 2.88. The van der Waals surface area contributed by atoms with Gasteiger partial charge >= 0.3 is 0 Å². The van der Waals surface area contributed by atoms with Crippen LogP contribution in [0.15, 0.2) is 57.8 Å². The number of unbranched alkanes of at least 4 members (excludes halogenated alkanes) is 1. The Morgan fingerprint density at radius 1 is 1.43 bits per heavy atom. The molecule has 1 aliphatic carbocycles. The standard InChI is InChI=1S/C23H35NO2S2/c1-4-6-7-11-21-17-27-16-20(14-26-21)24-13-19(5-2)15-28-22-12-9-8-10-18(3)23(22)25/h7-8,10-12,17,19-20,24-25H,4-6,9,13-16H2,1-3H3/b11-7-/t19-,20?/m0/s1. The molecule has 0 bridgehead atoms. The van der Waals surface area contributed by atoms with Crippen LogP contribution in [0.1, 0.15) is 46.5 Å². The first-order valence-corrected chi connectivity index (χ1v) is 12.4. The minimum atomic E-state index is 0.370. The van der Waals surface area contributed by atoms with E-state index in [0.29, 0.717) is 17.7 Å². The molecule has 0 aromatic rings. The quantitative estimate of drug-likeness (QED) is 0.431. The Morgan fingerprint density at radius 3 is 3.07 bits per heavy atom. The van der Waals surface area contributed by atoms with Crippen LogP contribution in [-0.2, 0) is 4.74 Å². The van der Waals surface area contributed by atoms with Gasteiger partial charge in [0, 0.05) is 21.8 Å². The number of aliphatic hydroxyl groups is 1. The van der Waals surface area contributed by atoms with Gasteiger partial charge in [0.1, 0.15) is 18.1 Å². The molecule has 1 heterocycles. The summed E-state index contributed by atoms with van der Waals surface area (Å²) in [7, 11) is 0. The second-order valence-corrected chi connectivity index (χ2v) is 9.25. The van der Waals surface area contributed by atoms with E-state index >= 15 is 0 Å². The largest absolute Gasteiger partial charge is 0.507 e. The predicted octanol–water partition coefficient (Wildman–Crippen LogP) is 6.34. The third-order valence-electron chi connectivity index (χ3n) is 4.85. The van der Waals surface area contributed by atoms with E-state index in [0.717, 1.165) is 66.6 Å². The molecule has 0 fully saturated rings. The van der Waals surface area contributed by atoms with Crippen LogP contribution in [0.4, 0.5) is 0 Å². The fourth-order valence-corrected chi connectivity index (χ4v) is 5.01. The topological polar surface area (TPSA) is 41.5 Å². The molecular weight excluding hydrogens is 386 g/mol. The van der Waals surface area contributed by atoms with E-state index in [1.54, 1.807) is 11.8 Å². The molecule has 0 spiro atoms. The van der Waals surface area contributed by atoms with Gasteiger partial charge in [-0.1, -0.05) is 51.0 Å². The summed E-state index contributed by atoms with van der Waals surface area (Å²) in [4.78, 5) is 1.02. The molecule has 0 amide bonds. The molecule has 0 aromatic carbocycles. The van der Waals surface area contributed by atoms with E-state index in [2.05, 4.69) is 48.9 Å². The van der Waals surface area contributed by atoms with Crippen LogP contribution in [0.25, 0.3) is 0 Å². The molecule has 28 heavy (non-hydrogen) atoms. The van der Waals surface area contributed by atoms with Gasteiger partial charge in [-0.3, -0.25) is 0 Å². The van der Waals surface area contributed by atoms with Crippen LogP contribution < -0.4 is 5.32 Å². The van der Waals surface area contributed by atoms with Crippen LogP contribution >= 0.6 is 23.5 Å². The zero-order valence-electron chi connectivity index (χ0n) is 17.4. The number of aliphatic hydroxyl groups excluding tert-OH is 1. The molecule has 2 rings (SSSR count). The molecule has 0 radical (unpaired) electrons. The highest BCUT2D eigenvalue weighted by molar-refractivity contribution is 8.03. The lowest BCUT2D eigenvalue weighted by atomic mass is 10.1.